The van der Waals surface area contributed by atoms with Crippen LogP contribution in [0.2, 0.25) is 0 Å². The van der Waals surface area contributed by atoms with Gasteiger partial charge in [-0.15, -0.1) is 6.42 Å². The number of rotatable bonds is 7. The molecule has 0 aliphatic carbocycles. The lowest BCUT2D eigenvalue weighted by Crippen LogP contribution is -2.30. The maximum absolute atomic E-state index is 12.9. The van der Waals surface area contributed by atoms with Gasteiger partial charge in [0, 0.05) is 0 Å². The summed E-state index contributed by atoms with van der Waals surface area (Å²) in [5.41, 5.74) is -3.37. The van der Waals surface area contributed by atoms with E-state index in [1.807, 2.05) is 0 Å². The van der Waals surface area contributed by atoms with Crippen LogP contribution in [0.25, 0.3) is 0 Å². The Kier molecular flexibility index (Phi) is 6.59. The molecule has 126 valence electrons. The van der Waals surface area contributed by atoms with Crippen molar-refractivity contribution in [2.45, 2.75) is 18.6 Å². The Morgan fingerprint density at radius 2 is 2.26 bits per heavy atom. The predicted molar refractivity (Wildman–Crippen MR) is 73.6 cm³/mol. The molecule has 0 bridgehead atoms. The molecule has 1 aromatic heterocycles. The number of hydrogen-bond donors (Lipinski definition) is 2. The number of H-pyrrole nitrogens is 1. The summed E-state index contributed by atoms with van der Waals surface area (Å²) in [6.45, 7) is -0.177. The average molecular weight is 333 g/mol. The van der Waals surface area contributed by atoms with Crippen molar-refractivity contribution >= 4 is 11.7 Å². The van der Waals surface area contributed by atoms with Crippen LogP contribution in [-0.2, 0) is 20.4 Å². The van der Waals surface area contributed by atoms with E-state index in [1.54, 1.807) is 5.10 Å². The number of esters is 1. The van der Waals surface area contributed by atoms with Gasteiger partial charge < -0.3 is 14.8 Å². The van der Waals surface area contributed by atoms with Crippen LogP contribution in [0.5, 0.6) is 0 Å². The molecule has 0 amide bonds. The second-order valence-electron chi connectivity index (χ2n) is 4.25. The summed E-state index contributed by atoms with van der Waals surface area (Å²) in [5.74, 6) is 1.70. The van der Waals surface area contributed by atoms with Gasteiger partial charge in [-0.1, -0.05) is 5.92 Å². The molecule has 1 heterocycles. The number of anilines is 1. The molecular weight excluding hydrogens is 319 g/mol. The topological polar surface area (TPSA) is 93.3 Å². The molecule has 0 saturated carbocycles. The number of hydrogen-bond acceptors (Lipinski definition) is 6. The van der Waals surface area contributed by atoms with Crippen LogP contribution in [0.15, 0.2) is 11.0 Å². The molecule has 1 atom stereocenters. The molecule has 10 heteroatoms. The van der Waals surface area contributed by atoms with E-state index in [0.29, 0.717) is 0 Å². The number of alkyl halides is 3. The maximum Gasteiger partial charge on any atom is 0.423 e. The smallest absolute Gasteiger partial charge is 0.423 e. The van der Waals surface area contributed by atoms with Crippen LogP contribution in [0.1, 0.15) is 12.0 Å². The molecule has 0 spiro atoms. The first-order valence-corrected chi connectivity index (χ1v) is 6.31. The molecule has 0 fully saturated rings. The van der Waals surface area contributed by atoms with E-state index in [1.165, 1.54) is 7.11 Å². The number of carbonyl (C=O) groups is 1. The molecule has 0 aliphatic rings. The highest BCUT2D eigenvalue weighted by Gasteiger charge is 2.37. The standard InChI is InChI=1S/C13H14F3N3O4/c1-3-8(7-23-5-4-10(20)22-2)18-9-6-17-19-12(21)11(9)13(14,15)16/h1,6,8H,4-5,7H2,2H3,(H2,18,19,21). The minimum atomic E-state index is -4.87. The van der Waals surface area contributed by atoms with Crippen molar-refractivity contribution in [2.75, 3.05) is 25.6 Å². The fourth-order valence-electron chi connectivity index (χ4n) is 1.57. The van der Waals surface area contributed by atoms with E-state index >= 15 is 0 Å². The molecule has 1 unspecified atom stereocenters. The summed E-state index contributed by atoms with van der Waals surface area (Å²) < 4.78 is 48.1. The third-order valence-corrected chi connectivity index (χ3v) is 2.63. The Morgan fingerprint density at radius 1 is 1.57 bits per heavy atom. The van der Waals surface area contributed by atoms with Gasteiger partial charge in [-0.05, 0) is 0 Å². The Bertz CT molecular complexity index is 637. The van der Waals surface area contributed by atoms with Gasteiger partial charge in [-0.3, -0.25) is 9.59 Å². The highest BCUT2D eigenvalue weighted by molar-refractivity contribution is 5.69. The summed E-state index contributed by atoms with van der Waals surface area (Å²) in [6, 6.07) is -0.947. The fraction of sp³-hybridized carbons (Fsp3) is 0.462. The first-order valence-electron chi connectivity index (χ1n) is 6.31. The van der Waals surface area contributed by atoms with E-state index < -0.39 is 35.0 Å². The summed E-state index contributed by atoms with van der Waals surface area (Å²) in [4.78, 5) is 22.2. The monoisotopic (exact) mass is 333 g/mol. The molecule has 23 heavy (non-hydrogen) atoms. The molecule has 2 N–H and O–H groups in total. The number of halogens is 3. The molecule has 0 saturated heterocycles. The van der Waals surface area contributed by atoms with Gasteiger partial charge in [-0.2, -0.15) is 18.3 Å². The first-order chi connectivity index (χ1) is 10.8. The van der Waals surface area contributed by atoms with Crippen molar-refractivity contribution in [3.05, 3.63) is 22.1 Å². The van der Waals surface area contributed by atoms with E-state index in [9.17, 15) is 22.8 Å². The summed E-state index contributed by atoms with van der Waals surface area (Å²) in [5, 5.41) is 7.38. The van der Waals surface area contributed by atoms with Gasteiger partial charge >= 0.3 is 12.1 Å². The normalized spacial score (nSPS) is 12.3. The van der Waals surface area contributed by atoms with Crippen LogP contribution >= 0.6 is 0 Å². The van der Waals surface area contributed by atoms with Gasteiger partial charge in [0.05, 0.1) is 38.6 Å². The lowest BCUT2D eigenvalue weighted by atomic mass is 10.2. The minimum Gasteiger partial charge on any atom is -0.469 e. The third-order valence-electron chi connectivity index (χ3n) is 2.63. The zero-order valence-electron chi connectivity index (χ0n) is 12.1. The van der Waals surface area contributed by atoms with Gasteiger partial charge in [0.15, 0.2) is 0 Å². The van der Waals surface area contributed by atoms with Gasteiger partial charge in [0.2, 0.25) is 0 Å². The van der Waals surface area contributed by atoms with Gasteiger partial charge in [-0.25, -0.2) is 5.10 Å². The number of carbonyl (C=O) groups excluding carboxylic acids is 1. The molecule has 0 aliphatic heterocycles. The molecular formula is C13H14F3N3O4. The van der Waals surface area contributed by atoms with E-state index in [0.717, 1.165) is 6.20 Å². The molecule has 1 aromatic rings. The number of terminal acetylenes is 1. The van der Waals surface area contributed by atoms with Crippen LogP contribution in [0, 0.1) is 12.3 Å². The lowest BCUT2D eigenvalue weighted by molar-refractivity contribution is -0.142. The van der Waals surface area contributed by atoms with Crippen molar-refractivity contribution in [2.24, 2.45) is 0 Å². The van der Waals surface area contributed by atoms with E-state index in [4.69, 9.17) is 11.2 Å². The van der Waals surface area contributed by atoms with Gasteiger partial charge in [0.25, 0.3) is 5.56 Å². The highest BCUT2D eigenvalue weighted by Crippen LogP contribution is 2.31. The summed E-state index contributed by atoms with van der Waals surface area (Å²) in [6.07, 6.45) is 1.13. The van der Waals surface area contributed by atoms with Crippen molar-refractivity contribution in [3.63, 3.8) is 0 Å². The van der Waals surface area contributed by atoms with Crippen molar-refractivity contribution < 1.29 is 27.4 Å². The van der Waals surface area contributed by atoms with Crippen molar-refractivity contribution in [1.82, 2.24) is 10.2 Å². The molecule has 0 radical (unpaired) electrons. The third kappa shape index (κ3) is 5.63. The highest BCUT2D eigenvalue weighted by atomic mass is 19.4. The lowest BCUT2D eigenvalue weighted by Gasteiger charge is -2.17. The summed E-state index contributed by atoms with van der Waals surface area (Å²) >= 11 is 0. The second-order valence-corrected chi connectivity index (χ2v) is 4.25. The summed E-state index contributed by atoms with van der Waals surface area (Å²) in [7, 11) is 1.22. The zero-order valence-corrected chi connectivity index (χ0v) is 12.1. The quantitative estimate of drug-likeness (QED) is 0.435. The van der Waals surface area contributed by atoms with Crippen LogP contribution in [-0.4, -0.2) is 42.5 Å². The van der Waals surface area contributed by atoms with E-state index in [-0.39, 0.29) is 19.6 Å². The van der Waals surface area contributed by atoms with Crippen LogP contribution < -0.4 is 10.9 Å². The average Bonchev–Trinajstić information content (AvgIpc) is 2.48. The zero-order chi connectivity index (χ0) is 17.5. The Hall–Kier alpha value is -2.54. The van der Waals surface area contributed by atoms with Gasteiger partial charge in [0.1, 0.15) is 11.6 Å². The van der Waals surface area contributed by atoms with Crippen LogP contribution in [0.4, 0.5) is 18.9 Å². The Balaban J connectivity index is 2.74. The second kappa shape index (κ2) is 8.19. The van der Waals surface area contributed by atoms with Crippen molar-refractivity contribution in [3.8, 4) is 12.3 Å². The SMILES string of the molecule is C#CC(COCCC(=O)OC)Nc1cn[nH]c(=O)c1C(F)(F)F. The predicted octanol–water partition coefficient (Wildman–Crippen LogP) is 0.782. The van der Waals surface area contributed by atoms with Crippen molar-refractivity contribution in [1.29, 1.82) is 0 Å². The maximum atomic E-state index is 12.9. The number of nitrogens with zero attached hydrogens (tertiary/aromatic N) is 1. The number of aromatic amines is 1. The molecule has 0 aromatic carbocycles. The van der Waals surface area contributed by atoms with Crippen LogP contribution in [0.3, 0.4) is 0 Å². The number of aromatic nitrogens is 2. The molecule has 1 rings (SSSR count). The Morgan fingerprint density at radius 3 is 2.83 bits per heavy atom. The number of nitrogens with one attached hydrogen (secondary N) is 2. The number of ether oxygens (including phenoxy) is 2. The largest absolute Gasteiger partial charge is 0.469 e. The minimum absolute atomic E-state index is 0.00765. The number of methoxy groups -OCH3 is 1. The Labute approximate surface area is 129 Å². The fourth-order valence-corrected chi connectivity index (χ4v) is 1.57. The van der Waals surface area contributed by atoms with E-state index in [2.05, 4.69) is 21.1 Å². The molecule has 7 nitrogen and oxygen atoms in total. The first kappa shape index (κ1) is 18.5.